The molecule has 2 aromatic rings. The van der Waals surface area contributed by atoms with E-state index in [1.54, 1.807) is 0 Å². The van der Waals surface area contributed by atoms with Crippen molar-refractivity contribution in [3.05, 3.63) is 74.2 Å². The Bertz CT molecular complexity index is 903. The molecule has 2 N–H and O–H groups in total. The normalized spacial score (nSPS) is 11.5. The van der Waals surface area contributed by atoms with Crippen LogP contribution in [0.5, 0.6) is 0 Å². The topological polar surface area (TPSA) is 105 Å². The Morgan fingerprint density at radius 2 is 1.96 bits per heavy atom. The van der Waals surface area contributed by atoms with E-state index in [2.05, 4.69) is 0 Å². The number of aromatic nitrogens is 1. The van der Waals surface area contributed by atoms with Gasteiger partial charge in [-0.05, 0) is 18.2 Å². The molecule has 0 radical (unpaired) electrons. The molecule has 2 rings (SSSR count). The number of amides is 1. The minimum Gasteiger partial charge on any atom is -0.327 e. The van der Waals surface area contributed by atoms with Crippen molar-refractivity contribution in [3.63, 3.8) is 0 Å². The molecule has 0 saturated heterocycles. The van der Waals surface area contributed by atoms with Gasteiger partial charge in [-0.2, -0.15) is 13.2 Å². The second-order valence-electron chi connectivity index (χ2n) is 4.77. The molecule has 0 spiro atoms. The van der Waals surface area contributed by atoms with E-state index in [0.717, 1.165) is 12.2 Å². The predicted molar refractivity (Wildman–Crippen MR) is 82.8 cm³/mol. The maximum absolute atomic E-state index is 12.6. The number of pyridine rings is 1. The molecule has 0 unspecified atom stereocenters. The van der Waals surface area contributed by atoms with Crippen LogP contribution in [0.2, 0.25) is 0 Å². The van der Waals surface area contributed by atoms with E-state index in [4.69, 9.17) is 0 Å². The number of para-hydroxylation sites is 1. The molecule has 130 valence electrons. The van der Waals surface area contributed by atoms with Crippen molar-refractivity contribution in [2.45, 2.75) is 6.18 Å². The molecule has 1 amide bonds. The van der Waals surface area contributed by atoms with Gasteiger partial charge in [-0.15, -0.1) is 0 Å². The van der Waals surface area contributed by atoms with Gasteiger partial charge in [0.1, 0.15) is 5.69 Å². The van der Waals surface area contributed by atoms with Crippen LogP contribution >= 0.6 is 0 Å². The third-order valence-corrected chi connectivity index (χ3v) is 3.04. The maximum Gasteiger partial charge on any atom is 0.417 e. The van der Waals surface area contributed by atoms with Crippen LogP contribution in [0.25, 0.3) is 6.08 Å². The van der Waals surface area contributed by atoms with E-state index >= 15 is 0 Å². The molecule has 1 heterocycles. The molecule has 0 aliphatic carbocycles. The Morgan fingerprint density at radius 3 is 2.60 bits per heavy atom. The number of rotatable bonds is 4. The van der Waals surface area contributed by atoms with Crippen LogP contribution in [-0.4, -0.2) is 15.8 Å². The number of carbonyl (C=O) groups is 1. The summed E-state index contributed by atoms with van der Waals surface area (Å²) in [6.07, 6.45) is -2.21. The largest absolute Gasteiger partial charge is 0.417 e. The Kier molecular flexibility index (Phi) is 5.01. The lowest BCUT2D eigenvalue weighted by Crippen LogP contribution is -2.20. The summed E-state index contributed by atoms with van der Waals surface area (Å²) in [5.41, 5.74) is -2.76. The first-order chi connectivity index (χ1) is 11.7. The van der Waals surface area contributed by atoms with Crippen molar-refractivity contribution >= 4 is 23.4 Å². The third kappa shape index (κ3) is 4.53. The zero-order valence-corrected chi connectivity index (χ0v) is 12.3. The van der Waals surface area contributed by atoms with Gasteiger partial charge in [0.05, 0.1) is 16.1 Å². The number of nitro benzene ring substituents is 1. The highest BCUT2D eigenvalue weighted by molar-refractivity contribution is 6.02. The second kappa shape index (κ2) is 6.99. The predicted octanol–water partition coefficient (Wildman–Crippen LogP) is 2.95. The average molecular weight is 353 g/mol. The number of benzene rings is 1. The third-order valence-electron chi connectivity index (χ3n) is 3.04. The van der Waals surface area contributed by atoms with Crippen molar-refractivity contribution in [3.8, 4) is 0 Å². The van der Waals surface area contributed by atoms with Crippen LogP contribution < -0.4 is 10.9 Å². The van der Waals surface area contributed by atoms with Crippen LogP contribution in [0, 0.1) is 10.1 Å². The van der Waals surface area contributed by atoms with E-state index in [1.807, 2.05) is 10.3 Å². The zero-order valence-electron chi connectivity index (χ0n) is 12.3. The van der Waals surface area contributed by atoms with Gasteiger partial charge in [0.2, 0.25) is 5.91 Å². The van der Waals surface area contributed by atoms with Gasteiger partial charge in [-0.3, -0.25) is 19.7 Å². The number of nitrogens with one attached hydrogen (secondary N) is 2. The first kappa shape index (κ1) is 17.9. The molecule has 0 aliphatic heterocycles. The van der Waals surface area contributed by atoms with E-state index in [9.17, 15) is 32.9 Å². The number of nitro groups is 1. The lowest BCUT2D eigenvalue weighted by molar-refractivity contribution is -0.385. The second-order valence-corrected chi connectivity index (χ2v) is 4.77. The van der Waals surface area contributed by atoms with Crippen molar-refractivity contribution in [2.24, 2.45) is 0 Å². The Morgan fingerprint density at radius 1 is 1.28 bits per heavy atom. The quantitative estimate of drug-likeness (QED) is 0.501. The number of nitrogens with zero attached hydrogens (tertiary/aromatic N) is 1. The van der Waals surface area contributed by atoms with Crippen LogP contribution in [-0.2, 0) is 11.0 Å². The number of aromatic amines is 1. The summed E-state index contributed by atoms with van der Waals surface area (Å²) < 4.78 is 37.8. The van der Waals surface area contributed by atoms with Gasteiger partial charge < -0.3 is 10.3 Å². The summed E-state index contributed by atoms with van der Waals surface area (Å²) in [4.78, 5) is 35.4. The molecule has 0 saturated carbocycles. The Hall–Kier alpha value is -3.43. The Labute approximate surface area is 138 Å². The van der Waals surface area contributed by atoms with Crippen LogP contribution in [0.3, 0.4) is 0 Å². The SMILES string of the molecule is O=C(/C=C/c1ccccc1[N+](=O)[O-])Nc1cc(C(F)(F)F)c[nH]c1=O. The number of anilines is 1. The highest BCUT2D eigenvalue weighted by Gasteiger charge is 2.31. The number of alkyl halides is 3. The van der Waals surface area contributed by atoms with E-state index in [-0.39, 0.29) is 11.3 Å². The zero-order chi connectivity index (χ0) is 18.6. The molecular formula is C15H10F3N3O4. The summed E-state index contributed by atoms with van der Waals surface area (Å²) >= 11 is 0. The van der Waals surface area contributed by atoms with Gasteiger partial charge in [0.15, 0.2) is 0 Å². The summed E-state index contributed by atoms with van der Waals surface area (Å²) in [6, 6.07) is 6.07. The lowest BCUT2D eigenvalue weighted by Gasteiger charge is -2.08. The molecular weight excluding hydrogens is 343 g/mol. The number of H-pyrrole nitrogens is 1. The molecule has 1 aromatic carbocycles. The number of carbonyl (C=O) groups excluding carboxylic acids is 1. The molecule has 7 nitrogen and oxygen atoms in total. The van der Waals surface area contributed by atoms with Crippen LogP contribution in [0.15, 0.2) is 47.4 Å². The van der Waals surface area contributed by atoms with Crippen molar-refractivity contribution in [2.75, 3.05) is 5.32 Å². The van der Waals surface area contributed by atoms with Gasteiger partial charge in [0, 0.05) is 18.3 Å². The summed E-state index contributed by atoms with van der Waals surface area (Å²) in [5.74, 6) is -0.914. The fourth-order valence-corrected chi connectivity index (χ4v) is 1.87. The molecule has 0 aliphatic rings. The number of halogens is 3. The smallest absolute Gasteiger partial charge is 0.327 e. The van der Waals surface area contributed by atoms with Crippen molar-refractivity contribution < 1.29 is 22.9 Å². The van der Waals surface area contributed by atoms with E-state index < -0.39 is 33.8 Å². The van der Waals surface area contributed by atoms with Crippen molar-refractivity contribution in [1.29, 1.82) is 0 Å². The lowest BCUT2D eigenvalue weighted by atomic mass is 10.1. The number of hydrogen-bond donors (Lipinski definition) is 2. The minimum absolute atomic E-state index is 0.126. The van der Waals surface area contributed by atoms with E-state index in [0.29, 0.717) is 12.3 Å². The van der Waals surface area contributed by atoms with Gasteiger partial charge >= 0.3 is 6.18 Å². The summed E-state index contributed by atoms with van der Waals surface area (Å²) in [5, 5.41) is 12.9. The molecule has 0 fully saturated rings. The van der Waals surface area contributed by atoms with Gasteiger partial charge in [-0.1, -0.05) is 12.1 Å². The van der Waals surface area contributed by atoms with Crippen LogP contribution in [0.1, 0.15) is 11.1 Å². The highest BCUT2D eigenvalue weighted by Crippen LogP contribution is 2.29. The molecule has 1 aromatic heterocycles. The summed E-state index contributed by atoms with van der Waals surface area (Å²) in [7, 11) is 0. The van der Waals surface area contributed by atoms with Crippen molar-refractivity contribution in [1.82, 2.24) is 4.98 Å². The number of hydrogen-bond acceptors (Lipinski definition) is 4. The molecule has 25 heavy (non-hydrogen) atoms. The summed E-state index contributed by atoms with van der Waals surface area (Å²) in [6.45, 7) is 0. The highest BCUT2D eigenvalue weighted by atomic mass is 19.4. The van der Waals surface area contributed by atoms with Gasteiger partial charge in [-0.25, -0.2) is 0 Å². The van der Waals surface area contributed by atoms with E-state index in [1.165, 1.54) is 24.3 Å². The standard InChI is InChI=1S/C15H10F3N3O4/c16-15(17,18)10-7-11(14(23)19-8-10)20-13(22)6-5-9-3-1-2-4-12(9)21(24)25/h1-8H,(H,19,23)(H,20,22)/b6-5+. The maximum atomic E-state index is 12.6. The average Bonchev–Trinajstić information content (AvgIpc) is 2.54. The minimum atomic E-state index is -4.69. The fourth-order valence-electron chi connectivity index (χ4n) is 1.87. The first-order valence-electron chi connectivity index (χ1n) is 6.71. The molecule has 0 bridgehead atoms. The monoisotopic (exact) mass is 353 g/mol. The Balaban J connectivity index is 2.21. The van der Waals surface area contributed by atoms with Crippen LogP contribution in [0.4, 0.5) is 24.5 Å². The molecule has 10 heteroatoms. The van der Waals surface area contributed by atoms with Gasteiger partial charge in [0.25, 0.3) is 11.2 Å². The molecule has 0 atom stereocenters. The first-order valence-corrected chi connectivity index (χ1v) is 6.71. The fraction of sp³-hybridized carbons (Fsp3) is 0.0667.